The lowest BCUT2D eigenvalue weighted by Crippen LogP contribution is -2.43. The van der Waals surface area contributed by atoms with Crippen LogP contribution in [0.3, 0.4) is 0 Å². The molecule has 7 N–H and O–H groups in total. The molecule has 0 fully saturated rings. The zero-order chi connectivity index (χ0) is 22.1. The topological polar surface area (TPSA) is 149 Å². The van der Waals surface area contributed by atoms with Gasteiger partial charge >= 0.3 is 8.80 Å². The summed E-state index contributed by atoms with van der Waals surface area (Å²) in [5.74, 6) is 0.525. The van der Waals surface area contributed by atoms with Gasteiger partial charge in [-0.1, -0.05) is 33.1 Å². The quantitative estimate of drug-likeness (QED) is 0.109. The van der Waals surface area contributed by atoms with Gasteiger partial charge in [0.1, 0.15) is 0 Å². The van der Waals surface area contributed by atoms with Gasteiger partial charge in [0.25, 0.3) is 0 Å². The maximum atomic E-state index is 10.3. The molecular weight excluding hydrogens is 396 g/mol. The van der Waals surface area contributed by atoms with Crippen molar-refractivity contribution in [2.75, 3.05) is 52.6 Å². The maximum absolute atomic E-state index is 10.3. The molecule has 0 aromatic rings. The molecule has 29 heavy (non-hydrogen) atoms. The Bertz CT molecular complexity index is 375. The van der Waals surface area contributed by atoms with Gasteiger partial charge in [0.2, 0.25) is 0 Å². The maximum Gasteiger partial charge on any atom is 0.492 e. The largest absolute Gasteiger partial charge is 0.492 e. The molecule has 0 saturated heterocycles. The van der Waals surface area contributed by atoms with Crippen molar-refractivity contribution in [2.24, 2.45) is 11.7 Å². The van der Waals surface area contributed by atoms with Crippen LogP contribution in [0.4, 0.5) is 0 Å². The molecule has 0 bridgehead atoms. The number of aliphatic hydroxyl groups is 2. The Morgan fingerprint density at radius 3 is 2.07 bits per heavy atom. The van der Waals surface area contributed by atoms with Crippen LogP contribution in [0, 0.1) is 5.92 Å². The number of rotatable bonds is 20. The summed E-state index contributed by atoms with van der Waals surface area (Å²) < 4.78 is 11.0. The highest BCUT2D eigenvalue weighted by Crippen LogP contribution is 2.13. The fourth-order valence-corrected chi connectivity index (χ4v) is 3.66. The van der Waals surface area contributed by atoms with E-state index in [0.717, 1.165) is 12.8 Å². The molecule has 0 saturated carbocycles. The van der Waals surface area contributed by atoms with Gasteiger partial charge in [0.15, 0.2) is 0 Å². The van der Waals surface area contributed by atoms with Gasteiger partial charge in [-0.15, -0.1) is 0 Å². The molecule has 0 heterocycles. The second-order valence-corrected chi connectivity index (χ2v) is 9.81. The van der Waals surface area contributed by atoms with Crippen LogP contribution in [0.15, 0.2) is 0 Å². The Morgan fingerprint density at radius 1 is 0.931 bits per heavy atom. The first-order chi connectivity index (χ1) is 13.7. The fourth-order valence-electron chi connectivity index (χ4n) is 3.04. The average Bonchev–Trinajstić information content (AvgIpc) is 2.63. The molecule has 0 spiro atoms. The van der Waals surface area contributed by atoms with E-state index in [0.29, 0.717) is 45.1 Å². The molecule has 9 nitrogen and oxygen atoms in total. The van der Waals surface area contributed by atoms with E-state index in [1.165, 1.54) is 12.8 Å². The standard InChI is InChI=1S/C19H44N2O7Si/c1-3-5-7-17(4-2)14-28-16-19(23)13-21(9-8-20)12-18(22)15-27-10-6-11-29(24,25)26/h17-19,22-26H,3-16,20H2,1-2H3. The molecule has 0 aliphatic heterocycles. The minimum atomic E-state index is -4.02. The second kappa shape index (κ2) is 17.5. The number of ether oxygens (including phenoxy) is 2. The monoisotopic (exact) mass is 440 g/mol. The Morgan fingerprint density at radius 2 is 1.55 bits per heavy atom. The number of unbranched alkanes of at least 4 members (excludes halogenated alkanes) is 1. The van der Waals surface area contributed by atoms with Gasteiger partial charge in [0.05, 0.1) is 25.4 Å². The number of aliphatic hydroxyl groups excluding tert-OH is 2. The van der Waals surface area contributed by atoms with Crippen LogP contribution in [-0.2, 0) is 9.47 Å². The smallest absolute Gasteiger partial charge is 0.390 e. The van der Waals surface area contributed by atoms with Gasteiger partial charge in [-0.25, -0.2) is 0 Å². The van der Waals surface area contributed by atoms with E-state index in [1.807, 2.05) is 4.90 Å². The number of nitrogens with two attached hydrogens (primary N) is 1. The van der Waals surface area contributed by atoms with Crippen LogP contribution in [-0.4, -0.2) is 103 Å². The normalized spacial score (nSPS) is 15.6. The molecule has 0 aliphatic carbocycles. The fraction of sp³-hybridized carbons (Fsp3) is 1.00. The van der Waals surface area contributed by atoms with E-state index in [1.54, 1.807) is 0 Å². The summed E-state index contributed by atoms with van der Waals surface area (Å²) in [5, 5.41) is 20.4. The molecule has 0 amide bonds. The van der Waals surface area contributed by atoms with Crippen molar-refractivity contribution in [3.05, 3.63) is 0 Å². The van der Waals surface area contributed by atoms with E-state index >= 15 is 0 Å². The number of hydrogen-bond donors (Lipinski definition) is 6. The Kier molecular flexibility index (Phi) is 17.4. The second-order valence-electron chi connectivity index (χ2n) is 7.76. The summed E-state index contributed by atoms with van der Waals surface area (Å²) in [6.45, 7) is 7.15. The lowest BCUT2D eigenvalue weighted by molar-refractivity contribution is -0.0154. The zero-order valence-corrected chi connectivity index (χ0v) is 19.2. The van der Waals surface area contributed by atoms with Crippen molar-refractivity contribution in [3.63, 3.8) is 0 Å². The predicted molar refractivity (Wildman–Crippen MR) is 114 cm³/mol. The SMILES string of the molecule is CCCCC(CC)COCC(O)CN(CCN)CC(O)COCCC[Si](O)(O)O. The third kappa shape index (κ3) is 18.4. The van der Waals surface area contributed by atoms with Crippen LogP contribution in [0.2, 0.25) is 6.04 Å². The molecular formula is C19H44N2O7Si. The third-order valence-electron chi connectivity index (χ3n) is 4.70. The minimum Gasteiger partial charge on any atom is -0.390 e. The summed E-state index contributed by atoms with van der Waals surface area (Å²) in [7, 11) is -4.02. The molecule has 0 aliphatic rings. The van der Waals surface area contributed by atoms with E-state index in [-0.39, 0.29) is 25.9 Å². The van der Waals surface area contributed by atoms with Gasteiger partial charge in [-0.05, 0) is 18.8 Å². The van der Waals surface area contributed by atoms with Crippen LogP contribution in [0.1, 0.15) is 46.0 Å². The first-order valence-corrected chi connectivity index (χ1v) is 12.9. The number of hydrogen-bond acceptors (Lipinski definition) is 9. The Hall–Kier alpha value is -0.143. The molecule has 0 rings (SSSR count). The van der Waals surface area contributed by atoms with Crippen molar-refractivity contribution in [2.45, 2.75) is 64.2 Å². The van der Waals surface area contributed by atoms with Crippen LogP contribution in [0.5, 0.6) is 0 Å². The Labute approximate surface area is 176 Å². The van der Waals surface area contributed by atoms with Crippen LogP contribution in [0.25, 0.3) is 0 Å². The minimum absolute atomic E-state index is 0.0834. The predicted octanol–water partition coefficient (Wildman–Crippen LogP) is -0.476. The zero-order valence-electron chi connectivity index (χ0n) is 18.2. The van der Waals surface area contributed by atoms with E-state index in [4.69, 9.17) is 29.6 Å². The van der Waals surface area contributed by atoms with Crippen LogP contribution < -0.4 is 5.73 Å². The van der Waals surface area contributed by atoms with Gasteiger partial charge in [-0.3, -0.25) is 4.90 Å². The van der Waals surface area contributed by atoms with E-state index < -0.39 is 21.0 Å². The lowest BCUT2D eigenvalue weighted by atomic mass is 10.0. The summed E-state index contributed by atoms with van der Waals surface area (Å²) in [6.07, 6.45) is 3.47. The average molecular weight is 441 g/mol. The van der Waals surface area contributed by atoms with Gasteiger partial charge < -0.3 is 39.8 Å². The van der Waals surface area contributed by atoms with Gasteiger partial charge in [0, 0.05) is 45.4 Å². The lowest BCUT2D eigenvalue weighted by Gasteiger charge is -2.27. The highest BCUT2D eigenvalue weighted by atomic mass is 28.4. The Balaban J connectivity index is 4.08. The first kappa shape index (κ1) is 28.9. The van der Waals surface area contributed by atoms with Crippen molar-refractivity contribution >= 4 is 8.80 Å². The summed E-state index contributed by atoms with van der Waals surface area (Å²) >= 11 is 0. The molecule has 3 atom stereocenters. The molecule has 176 valence electrons. The molecule has 3 unspecified atom stereocenters. The van der Waals surface area contributed by atoms with E-state index in [2.05, 4.69) is 13.8 Å². The molecule has 0 aromatic heterocycles. The third-order valence-corrected chi connectivity index (χ3v) is 5.73. The van der Waals surface area contributed by atoms with Crippen LogP contribution >= 0.6 is 0 Å². The summed E-state index contributed by atoms with van der Waals surface area (Å²) in [6, 6.07) is -0.0914. The van der Waals surface area contributed by atoms with Crippen molar-refractivity contribution < 1.29 is 34.1 Å². The van der Waals surface area contributed by atoms with Crippen molar-refractivity contribution in [3.8, 4) is 0 Å². The van der Waals surface area contributed by atoms with E-state index in [9.17, 15) is 10.2 Å². The molecule has 10 heteroatoms. The number of nitrogens with zero attached hydrogens (tertiary/aromatic N) is 1. The molecule has 0 radical (unpaired) electrons. The van der Waals surface area contributed by atoms with Crippen molar-refractivity contribution in [1.82, 2.24) is 4.90 Å². The summed E-state index contributed by atoms with van der Waals surface area (Å²) in [5.41, 5.74) is 5.63. The summed E-state index contributed by atoms with van der Waals surface area (Å²) in [4.78, 5) is 28.7. The highest BCUT2D eigenvalue weighted by Gasteiger charge is 2.25. The molecule has 0 aromatic carbocycles. The highest BCUT2D eigenvalue weighted by molar-refractivity contribution is 6.56. The first-order valence-electron chi connectivity index (χ1n) is 10.8. The van der Waals surface area contributed by atoms with Gasteiger partial charge in [-0.2, -0.15) is 0 Å². The van der Waals surface area contributed by atoms with Crippen molar-refractivity contribution in [1.29, 1.82) is 0 Å².